The molecule has 0 saturated carbocycles. The highest BCUT2D eigenvalue weighted by Crippen LogP contribution is 2.23. The summed E-state index contributed by atoms with van der Waals surface area (Å²) in [6.07, 6.45) is 5.01. The van der Waals surface area contributed by atoms with E-state index in [2.05, 4.69) is 15.5 Å². The number of rotatable bonds is 4. The van der Waals surface area contributed by atoms with Crippen molar-refractivity contribution in [2.75, 3.05) is 26.2 Å². The smallest absolute Gasteiger partial charge is 0.321 e. The highest BCUT2D eigenvalue weighted by Gasteiger charge is 2.32. The average Bonchev–Trinajstić information content (AvgIpc) is 2.60. The molecular formula is C18H32N4O3. The summed E-state index contributed by atoms with van der Waals surface area (Å²) >= 11 is 0. The molecule has 0 aromatic carbocycles. The van der Waals surface area contributed by atoms with Crippen LogP contribution in [0, 0.1) is 5.92 Å². The first-order chi connectivity index (χ1) is 11.9. The van der Waals surface area contributed by atoms with Crippen molar-refractivity contribution in [3.63, 3.8) is 0 Å². The Morgan fingerprint density at radius 1 is 0.920 bits per heavy atom. The number of urea groups is 1. The van der Waals surface area contributed by atoms with Gasteiger partial charge in [0.1, 0.15) is 0 Å². The summed E-state index contributed by atoms with van der Waals surface area (Å²) in [6.45, 7) is 8.71. The third kappa shape index (κ3) is 5.70. The molecule has 1 unspecified atom stereocenters. The lowest BCUT2D eigenvalue weighted by molar-refractivity contribution is -0.138. The number of likely N-dealkylation sites (tertiary alicyclic amines) is 2. The maximum Gasteiger partial charge on any atom is 0.321 e. The zero-order chi connectivity index (χ0) is 18.4. The first-order valence-electron chi connectivity index (χ1n) is 9.52. The topological polar surface area (TPSA) is 81.8 Å². The van der Waals surface area contributed by atoms with Gasteiger partial charge in [-0.15, -0.1) is 0 Å². The number of imide groups is 1. The Morgan fingerprint density at radius 3 is 2.08 bits per heavy atom. The maximum atomic E-state index is 12.6. The summed E-state index contributed by atoms with van der Waals surface area (Å²) in [6, 6.07) is -0.842. The minimum atomic E-state index is -0.456. The van der Waals surface area contributed by atoms with Crippen LogP contribution in [0.2, 0.25) is 0 Å². The van der Waals surface area contributed by atoms with Crippen LogP contribution < -0.4 is 10.6 Å². The molecule has 142 valence electrons. The van der Waals surface area contributed by atoms with Gasteiger partial charge in [0.15, 0.2) is 0 Å². The van der Waals surface area contributed by atoms with Gasteiger partial charge in [0.05, 0.1) is 6.04 Å². The molecule has 0 aromatic heterocycles. The van der Waals surface area contributed by atoms with Gasteiger partial charge in [0.2, 0.25) is 11.8 Å². The lowest BCUT2D eigenvalue weighted by Crippen LogP contribution is -2.53. The van der Waals surface area contributed by atoms with Gasteiger partial charge >= 0.3 is 6.03 Å². The Kier molecular flexibility index (Phi) is 7.23. The predicted molar refractivity (Wildman–Crippen MR) is 96.0 cm³/mol. The second kappa shape index (κ2) is 9.17. The molecule has 2 aliphatic rings. The van der Waals surface area contributed by atoms with Crippen LogP contribution in [-0.4, -0.2) is 65.9 Å². The van der Waals surface area contributed by atoms with E-state index in [0.29, 0.717) is 13.1 Å². The van der Waals surface area contributed by atoms with Crippen molar-refractivity contribution in [2.45, 2.75) is 65.0 Å². The molecule has 2 rings (SSSR count). The fourth-order valence-electron chi connectivity index (χ4n) is 3.59. The van der Waals surface area contributed by atoms with Crippen LogP contribution >= 0.6 is 0 Å². The van der Waals surface area contributed by atoms with Crippen LogP contribution in [0.5, 0.6) is 0 Å². The fraction of sp³-hybridized carbons (Fsp3) is 0.833. The van der Waals surface area contributed by atoms with Crippen molar-refractivity contribution in [1.29, 1.82) is 0 Å². The lowest BCUT2D eigenvalue weighted by atomic mass is 9.93. The van der Waals surface area contributed by atoms with E-state index in [1.54, 1.807) is 0 Å². The first kappa shape index (κ1) is 19.7. The maximum absolute atomic E-state index is 12.6. The van der Waals surface area contributed by atoms with E-state index < -0.39 is 6.03 Å². The molecule has 2 aliphatic heterocycles. The van der Waals surface area contributed by atoms with Crippen molar-refractivity contribution in [3.05, 3.63) is 0 Å². The molecular weight excluding hydrogens is 320 g/mol. The van der Waals surface area contributed by atoms with E-state index in [1.165, 1.54) is 6.42 Å². The standard InChI is InChI=1S/C18H32N4O3/c1-13(2)19-18(25)20-16(23)14(3)21-11-7-15(8-12-21)17(24)22-9-5-4-6-10-22/h13-15H,4-12H2,1-3H3,(H2,19,20,23,25). The molecule has 1 atom stereocenters. The normalized spacial score (nSPS) is 21.0. The number of nitrogens with one attached hydrogen (secondary N) is 2. The highest BCUT2D eigenvalue weighted by molar-refractivity contribution is 5.96. The quantitative estimate of drug-likeness (QED) is 0.800. The summed E-state index contributed by atoms with van der Waals surface area (Å²) in [7, 11) is 0. The van der Waals surface area contributed by atoms with Gasteiger partial charge in [-0.2, -0.15) is 0 Å². The van der Waals surface area contributed by atoms with E-state index in [9.17, 15) is 14.4 Å². The minimum Gasteiger partial charge on any atom is -0.342 e. The summed E-state index contributed by atoms with van der Waals surface area (Å²) in [5.74, 6) is 0.0700. The van der Waals surface area contributed by atoms with Crippen molar-refractivity contribution in [2.24, 2.45) is 5.92 Å². The molecule has 7 nitrogen and oxygen atoms in total. The summed E-state index contributed by atoms with van der Waals surface area (Å²) in [4.78, 5) is 40.5. The predicted octanol–water partition coefficient (Wildman–Crippen LogP) is 1.33. The van der Waals surface area contributed by atoms with Crippen LogP contribution in [0.1, 0.15) is 52.9 Å². The van der Waals surface area contributed by atoms with Gasteiger partial charge in [0.25, 0.3) is 0 Å². The lowest BCUT2D eigenvalue weighted by Gasteiger charge is -2.37. The fourth-order valence-corrected chi connectivity index (χ4v) is 3.59. The monoisotopic (exact) mass is 352 g/mol. The Labute approximate surface area is 150 Å². The second-order valence-corrected chi connectivity index (χ2v) is 7.49. The minimum absolute atomic E-state index is 0.0142. The third-order valence-electron chi connectivity index (χ3n) is 5.13. The van der Waals surface area contributed by atoms with Crippen LogP contribution in [0.4, 0.5) is 4.79 Å². The summed E-state index contributed by atoms with van der Waals surface area (Å²) < 4.78 is 0. The largest absolute Gasteiger partial charge is 0.342 e. The molecule has 0 spiro atoms. The molecule has 2 heterocycles. The van der Waals surface area contributed by atoms with Crippen molar-refractivity contribution in [3.8, 4) is 0 Å². The molecule has 2 saturated heterocycles. The molecule has 7 heteroatoms. The number of amides is 4. The van der Waals surface area contributed by atoms with Crippen LogP contribution in [0.3, 0.4) is 0 Å². The van der Waals surface area contributed by atoms with E-state index in [-0.39, 0.29) is 29.8 Å². The van der Waals surface area contributed by atoms with Gasteiger partial charge in [-0.05, 0) is 66.0 Å². The highest BCUT2D eigenvalue weighted by atomic mass is 16.2. The first-order valence-corrected chi connectivity index (χ1v) is 9.52. The van der Waals surface area contributed by atoms with Crippen LogP contribution in [0.15, 0.2) is 0 Å². The van der Waals surface area contributed by atoms with Gasteiger partial charge in [-0.25, -0.2) is 4.79 Å². The van der Waals surface area contributed by atoms with Crippen molar-refractivity contribution < 1.29 is 14.4 Å². The van der Waals surface area contributed by atoms with Crippen LogP contribution in [-0.2, 0) is 9.59 Å². The summed E-state index contributed by atoms with van der Waals surface area (Å²) in [5, 5.41) is 5.04. The molecule has 25 heavy (non-hydrogen) atoms. The molecule has 4 amide bonds. The SMILES string of the molecule is CC(C)NC(=O)NC(=O)C(C)N1CCC(C(=O)N2CCCCC2)CC1. The van der Waals surface area contributed by atoms with E-state index >= 15 is 0 Å². The van der Waals surface area contributed by atoms with Gasteiger partial charge in [-0.3, -0.25) is 19.8 Å². The Balaban J connectivity index is 1.77. The van der Waals surface area contributed by atoms with Crippen molar-refractivity contribution in [1.82, 2.24) is 20.4 Å². The second-order valence-electron chi connectivity index (χ2n) is 7.49. The molecule has 0 bridgehead atoms. The Morgan fingerprint density at radius 2 is 1.52 bits per heavy atom. The number of carbonyl (C=O) groups is 3. The molecule has 0 aliphatic carbocycles. The molecule has 0 radical (unpaired) electrons. The van der Waals surface area contributed by atoms with Gasteiger partial charge in [0, 0.05) is 25.0 Å². The van der Waals surface area contributed by atoms with Crippen molar-refractivity contribution >= 4 is 17.8 Å². The number of piperidine rings is 2. The van der Waals surface area contributed by atoms with Crippen LogP contribution in [0.25, 0.3) is 0 Å². The zero-order valence-electron chi connectivity index (χ0n) is 15.7. The summed E-state index contributed by atoms with van der Waals surface area (Å²) in [5.41, 5.74) is 0. The van der Waals surface area contributed by atoms with E-state index in [0.717, 1.165) is 38.8 Å². The molecule has 0 aromatic rings. The number of hydrogen-bond acceptors (Lipinski definition) is 4. The van der Waals surface area contributed by atoms with E-state index in [1.807, 2.05) is 25.7 Å². The molecule has 2 fully saturated rings. The zero-order valence-corrected chi connectivity index (χ0v) is 15.7. The number of nitrogens with zero attached hydrogens (tertiary/aromatic N) is 2. The average molecular weight is 352 g/mol. The van der Waals surface area contributed by atoms with Gasteiger partial charge < -0.3 is 10.2 Å². The van der Waals surface area contributed by atoms with Gasteiger partial charge in [-0.1, -0.05) is 0 Å². The van der Waals surface area contributed by atoms with E-state index in [4.69, 9.17) is 0 Å². The number of hydrogen-bond donors (Lipinski definition) is 2. The number of carbonyl (C=O) groups excluding carboxylic acids is 3. The Bertz CT molecular complexity index is 481. The molecule has 2 N–H and O–H groups in total. The third-order valence-corrected chi connectivity index (χ3v) is 5.13. The Hall–Kier alpha value is -1.63.